The molecule has 1 saturated heterocycles. The molecule has 3 atom stereocenters. The Morgan fingerprint density at radius 2 is 1.90 bits per heavy atom. The molecule has 1 N–H and O–H groups in total. The topological polar surface area (TPSA) is 21.3 Å². The predicted molar refractivity (Wildman–Crippen MR) is 83.0 cm³/mol. The largest absolute Gasteiger partial charge is 0.381 e. The first-order valence-corrected chi connectivity index (χ1v) is 8.29. The highest BCUT2D eigenvalue weighted by atomic mass is 16.5. The van der Waals surface area contributed by atoms with Crippen LogP contribution in [0.4, 0.5) is 0 Å². The standard InChI is InChI=1S/C18H27NO/c1-2-6-16(7-3-1)17-8-4-5-9-18(17)19-12-10-15-11-13-20-14-15/h1-3,6-7,15,17-19H,4-5,8-14H2. The van der Waals surface area contributed by atoms with E-state index in [-0.39, 0.29) is 0 Å². The Hall–Kier alpha value is -0.860. The van der Waals surface area contributed by atoms with Gasteiger partial charge >= 0.3 is 0 Å². The summed E-state index contributed by atoms with van der Waals surface area (Å²) in [5, 5.41) is 3.84. The first-order chi connectivity index (χ1) is 9.93. The molecule has 2 nitrogen and oxygen atoms in total. The van der Waals surface area contributed by atoms with Crippen LogP contribution in [0.2, 0.25) is 0 Å². The van der Waals surface area contributed by atoms with E-state index < -0.39 is 0 Å². The average Bonchev–Trinajstić information content (AvgIpc) is 3.02. The van der Waals surface area contributed by atoms with E-state index in [0.717, 1.165) is 25.7 Å². The highest BCUT2D eigenvalue weighted by Crippen LogP contribution is 2.33. The van der Waals surface area contributed by atoms with Crippen LogP contribution in [0.3, 0.4) is 0 Å². The highest BCUT2D eigenvalue weighted by molar-refractivity contribution is 5.21. The molecule has 2 aliphatic rings. The smallest absolute Gasteiger partial charge is 0.0495 e. The van der Waals surface area contributed by atoms with Gasteiger partial charge in [0.05, 0.1) is 0 Å². The Bertz CT molecular complexity index is 386. The number of nitrogens with one attached hydrogen (secondary N) is 1. The maximum atomic E-state index is 5.46. The third-order valence-corrected chi connectivity index (χ3v) is 4.98. The number of benzene rings is 1. The SMILES string of the molecule is c1ccc(C2CCCCC2NCCC2CCOC2)cc1. The molecular weight excluding hydrogens is 246 g/mol. The van der Waals surface area contributed by atoms with Crippen molar-refractivity contribution < 1.29 is 4.74 Å². The Morgan fingerprint density at radius 3 is 2.70 bits per heavy atom. The molecule has 0 radical (unpaired) electrons. The number of rotatable bonds is 5. The molecule has 2 heteroatoms. The fraction of sp³-hybridized carbons (Fsp3) is 0.667. The van der Waals surface area contributed by atoms with Gasteiger partial charge in [0.25, 0.3) is 0 Å². The summed E-state index contributed by atoms with van der Waals surface area (Å²) in [5.41, 5.74) is 1.52. The molecule has 1 aliphatic heterocycles. The summed E-state index contributed by atoms with van der Waals surface area (Å²) >= 11 is 0. The van der Waals surface area contributed by atoms with Crippen LogP contribution in [0.25, 0.3) is 0 Å². The molecule has 3 rings (SSSR count). The van der Waals surface area contributed by atoms with Crippen LogP contribution >= 0.6 is 0 Å². The Labute approximate surface area is 122 Å². The van der Waals surface area contributed by atoms with Crippen molar-refractivity contribution in [2.24, 2.45) is 5.92 Å². The Morgan fingerprint density at radius 1 is 1.05 bits per heavy atom. The molecule has 110 valence electrons. The van der Waals surface area contributed by atoms with Crippen molar-refractivity contribution in [2.75, 3.05) is 19.8 Å². The van der Waals surface area contributed by atoms with Crippen LogP contribution in [-0.4, -0.2) is 25.8 Å². The number of hydrogen-bond donors (Lipinski definition) is 1. The monoisotopic (exact) mass is 273 g/mol. The van der Waals surface area contributed by atoms with Gasteiger partial charge in [0.2, 0.25) is 0 Å². The van der Waals surface area contributed by atoms with Gasteiger partial charge in [0.15, 0.2) is 0 Å². The molecular formula is C18H27NO. The van der Waals surface area contributed by atoms with Crippen LogP contribution in [-0.2, 0) is 4.74 Å². The summed E-state index contributed by atoms with van der Waals surface area (Å²) in [5.74, 6) is 1.51. The average molecular weight is 273 g/mol. The number of hydrogen-bond acceptors (Lipinski definition) is 2. The predicted octanol–water partition coefficient (Wildman–Crippen LogP) is 3.73. The maximum absolute atomic E-state index is 5.46. The van der Waals surface area contributed by atoms with Crippen LogP contribution in [0.15, 0.2) is 30.3 Å². The summed E-state index contributed by atoms with van der Waals surface area (Å²) in [6, 6.07) is 11.8. The molecule has 1 saturated carbocycles. The highest BCUT2D eigenvalue weighted by Gasteiger charge is 2.26. The zero-order chi connectivity index (χ0) is 13.6. The molecule has 1 heterocycles. The molecule has 0 aromatic heterocycles. The number of ether oxygens (including phenoxy) is 1. The Balaban J connectivity index is 1.52. The molecule has 3 unspecified atom stereocenters. The first kappa shape index (κ1) is 14.1. The minimum atomic E-state index is 0.675. The lowest BCUT2D eigenvalue weighted by molar-refractivity contribution is 0.183. The van der Waals surface area contributed by atoms with Crippen LogP contribution < -0.4 is 5.32 Å². The van der Waals surface area contributed by atoms with Gasteiger partial charge in [-0.3, -0.25) is 0 Å². The maximum Gasteiger partial charge on any atom is 0.0495 e. The zero-order valence-electron chi connectivity index (χ0n) is 12.4. The van der Waals surface area contributed by atoms with Crippen molar-refractivity contribution in [3.8, 4) is 0 Å². The second kappa shape index (κ2) is 7.24. The molecule has 1 aliphatic carbocycles. The van der Waals surface area contributed by atoms with Crippen molar-refractivity contribution in [1.29, 1.82) is 0 Å². The van der Waals surface area contributed by atoms with Gasteiger partial charge in [-0.15, -0.1) is 0 Å². The zero-order valence-corrected chi connectivity index (χ0v) is 12.4. The summed E-state index contributed by atoms with van der Waals surface area (Å²) in [7, 11) is 0. The van der Waals surface area contributed by atoms with E-state index in [1.54, 1.807) is 0 Å². The lowest BCUT2D eigenvalue weighted by Crippen LogP contribution is -2.38. The summed E-state index contributed by atoms with van der Waals surface area (Å²) in [4.78, 5) is 0. The van der Waals surface area contributed by atoms with Crippen molar-refractivity contribution >= 4 is 0 Å². The molecule has 20 heavy (non-hydrogen) atoms. The van der Waals surface area contributed by atoms with Gasteiger partial charge in [-0.1, -0.05) is 43.2 Å². The second-order valence-corrected chi connectivity index (χ2v) is 6.38. The Kier molecular flexibility index (Phi) is 5.10. The van der Waals surface area contributed by atoms with E-state index in [4.69, 9.17) is 4.74 Å². The third kappa shape index (κ3) is 3.62. The van der Waals surface area contributed by atoms with Gasteiger partial charge in [-0.2, -0.15) is 0 Å². The van der Waals surface area contributed by atoms with Crippen molar-refractivity contribution in [3.63, 3.8) is 0 Å². The van der Waals surface area contributed by atoms with E-state index in [0.29, 0.717) is 12.0 Å². The van der Waals surface area contributed by atoms with E-state index in [9.17, 15) is 0 Å². The van der Waals surface area contributed by atoms with Crippen molar-refractivity contribution in [1.82, 2.24) is 5.32 Å². The fourth-order valence-electron chi connectivity index (χ4n) is 3.76. The van der Waals surface area contributed by atoms with Crippen LogP contribution in [0.1, 0.15) is 50.0 Å². The van der Waals surface area contributed by atoms with Crippen LogP contribution in [0.5, 0.6) is 0 Å². The van der Waals surface area contributed by atoms with Gasteiger partial charge in [-0.25, -0.2) is 0 Å². The molecule has 0 bridgehead atoms. The van der Waals surface area contributed by atoms with Gasteiger partial charge < -0.3 is 10.1 Å². The minimum absolute atomic E-state index is 0.675. The van der Waals surface area contributed by atoms with Gasteiger partial charge in [0, 0.05) is 19.3 Å². The summed E-state index contributed by atoms with van der Waals surface area (Å²) in [6.45, 7) is 3.11. The van der Waals surface area contributed by atoms with Crippen molar-refractivity contribution in [3.05, 3.63) is 35.9 Å². The molecule has 1 aromatic rings. The lowest BCUT2D eigenvalue weighted by atomic mass is 9.80. The summed E-state index contributed by atoms with van der Waals surface area (Å²) in [6.07, 6.45) is 7.98. The fourth-order valence-corrected chi connectivity index (χ4v) is 3.76. The van der Waals surface area contributed by atoms with E-state index in [1.807, 2.05) is 0 Å². The van der Waals surface area contributed by atoms with E-state index >= 15 is 0 Å². The molecule has 2 fully saturated rings. The quantitative estimate of drug-likeness (QED) is 0.882. The van der Waals surface area contributed by atoms with Crippen molar-refractivity contribution in [2.45, 2.75) is 50.5 Å². The summed E-state index contributed by atoms with van der Waals surface area (Å²) < 4.78 is 5.46. The van der Waals surface area contributed by atoms with Crippen LogP contribution in [0, 0.1) is 5.92 Å². The lowest BCUT2D eigenvalue weighted by Gasteiger charge is -2.33. The molecule has 0 amide bonds. The minimum Gasteiger partial charge on any atom is -0.381 e. The van der Waals surface area contributed by atoms with Gasteiger partial charge in [-0.05, 0) is 49.6 Å². The van der Waals surface area contributed by atoms with E-state index in [1.165, 1.54) is 44.1 Å². The normalized spacial score (nSPS) is 30.5. The third-order valence-electron chi connectivity index (χ3n) is 4.98. The molecule has 0 spiro atoms. The molecule has 1 aromatic carbocycles. The second-order valence-electron chi connectivity index (χ2n) is 6.38. The first-order valence-electron chi connectivity index (χ1n) is 8.29. The van der Waals surface area contributed by atoms with E-state index in [2.05, 4.69) is 35.6 Å². The van der Waals surface area contributed by atoms with Gasteiger partial charge in [0.1, 0.15) is 0 Å².